The minimum Gasteiger partial charge on any atom is -0.478 e. The van der Waals surface area contributed by atoms with Gasteiger partial charge in [0.05, 0.1) is 18.9 Å². The molecule has 0 bridgehead atoms. The lowest BCUT2D eigenvalue weighted by atomic mass is 10.1. The van der Waals surface area contributed by atoms with Gasteiger partial charge >= 0.3 is 0 Å². The van der Waals surface area contributed by atoms with Gasteiger partial charge in [-0.25, -0.2) is 22.7 Å². The highest BCUT2D eigenvalue weighted by molar-refractivity contribution is 7.89. The molecule has 1 aliphatic rings. The molecule has 0 saturated carbocycles. The van der Waals surface area contributed by atoms with Crippen LogP contribution in [0.5, 0.6) is 5.88 Å². The summed E-state index contributed by atoms with van der Waals surface area (Å²) in [5.41, 5.74) is 1.01. The third kappa shape index (κ3) is 7.81. The summed E-state index contributed by atoms with van der Waals surface area (Å²) in [6.07, 6.45) is 4.94. The van der Waals surface area contributed by atoms with Crippen LogP contribution in [0.1, 0.15) is 52.0 Å². The van der Waals surface area contributed by atoms with Crippen LogP contribution in [0.3, 0.4) is 0 Å². The van der Waals surface area contributed by atoms with Gasteiger partial charge in [0.2, 0.25) is 15.9 Å². The molecule has 0 aliphatic carbocycles. The van der Waals surface area contributed by atoms with Gasteiger partial charge < -0.3 is 15.4 Å². The highest BCUT2D eigenvalue weighted by Gasteiger charge is 2.27. The quantitative estimate of drug-likeness (QED) is 0.440. The fourth-order valence-corrected chi connectivity index (χ4v) is 4.69. The first kappa shape index (κ1) is 23.4. The summed E-state index contributed by atoms with van der Waals surface area (Å²) >= 11 is 0. The van der Waals surface area contributed by atoms with Crippen molar-refractivity contribution in [1.29, 1.82) is 0 Å². The molecule has 1 saturated heterocycles. The molecule has 0 amide bonds. The van der Waals surface area contributed by atoms with Gasteiger partial charge in [0.1, 0.15) is 0 Å². The summed E-state index contributed by atoms with van der Waals surface area (Å²) < 4.78 is 31.5. The maximum Gasteiger partial charge on any atom is 0.214 e. The van der Waals surface area contributed by atoms with Crippen molar-refractivity contribution in [1.82, 2.24) is 19.9 Å². The van der Waals surface area contributed by atoms with E-state index in [2.05, 4.69) is 27.5 Å². The predicted octanol–water partition coefficient (Wildman–Crippen LogP) is 2.13. The van der Waals surface area contributed by atoms with Gasteiger partial charge in [0.25, 0.3) is 0 Å². The van der Waals surface area contributed by atoms with Crippen LogP contribution in [0.4, 0.5) is 0 Å². The Labute approximate surface area is 175 Å². The van der Waals surface area contributed by atoms with Gasteiger partial charge in [-0.2, -0.15) is 0 Å². The average molecular weight is 426 g/mol. The Kier molecular flexibility index (Phi) is 9.66. The van der Waals surface area contributed by atoms with Crippen molar-refractivity contribution in [3.05, 3.63) is 23.9 Å². The molecule has 1 fully saturated rings. The van der Waals surface area contributed by atoms with Crippen molar-refractivity contribution in [2.75, 3.05) is 32.0 Å². The Morgan fingerprint density at radius 1 is 1.24 bits per heavy atom. The van der Waals surface area contributed by atoms with Crippen LogP contribution in [0, 0.1) is 0 Å². The Balaban J connectivity index is 1.88. The molecule has 0 aromatic carbocycles. The van der Waals surface area contributed by atoms with Gasteiger partial charge in [0, 0.05) is 37.9 Å². The van der Waals surface area contributed by atoms with Crippen LogP contribution in [0.25, 0.3) is 0 Å². The molecule has 2 heterocycles. The number of piperidine rings is 1. The zero-order chi connectivity index (χ0) is 21.1. The monoisotopic (exact) mass is 425 g/mol. The number of guanidine groups is 1. The van der Waals surface area contributed by atoms with E-state index in [-0.39, 0.29) is 11.8 Å². The van der Waals surface area contributed by atoms with Crippen molar-refractivity contribution in [2.45, 2.75) is 59.0 Å². The molecular formula is C20H35N5O3S. The highest BCUT2D eigenvalue weighted by atomic mass is 32.2. The summed E-state index contributed by atoms with van der Waals surface area (Å²) in [4.78, 5) is 8.96. The molecule has 2 rings (SSSR count). The number of sulfonamides is 1. The van der Waals surface area contributed by atoms with E-state index in [1.165, 1.54) is 0 Å². The van der Waals surface area contributed by atoms with Crippen LogP contribution in [-0.2, 0) is 16.6 Å². The fourth-order valence-electron chi connectivity index (χ4n) is 3.15. The number of hydrogen-bond acceptors (Lipinski definition) is 5. The van der Waals surface area contributed by atoms with Crippen molar-refractivity contribution in [3.63, 3.8) is 0 Å². The van der Waals surface area contributed by atoms with Crippen LogP contribution < -0.4 is 15.4 Å². The minimum atomic E-state index is -3.11. The molecule has 0 spiro atoms. The van der Waals surface area contributed by atoms with Gasteiger partial charge in [-0.1, -0.05) is 19.9 Å². The molecule has 2 N–H and O–H groups in total. The standard InChI is InChI=1S/C20H35N5O3S/c1-4-13-28-19-8-7-17(15-22-19)16-23-20(21-6-3)24-18-9-11-25(12-10-18)29(26,27)14-5-2/h7-8,15,18H,4-6,9-14,16H2,1-3H3,(H2,21,23,24). The summed E-state index contributed by atoms with van der Waals surface area (Å²) in [6, 6.07) is 4.05. The molecule has 0 radical (unpaired) electrons. The smallest absolute Gasteiger partial charge is 0.214 e. The normalized spacial score (nSPS) is 16.6. The van der Waals surface area contributed by atoms with E-state index in [0.29, 0.717) is 38.5 Å². The lowest BCUT2D eigenvalue weighted by molar-refractivity contribution is 0.305. The van der Waals surface area contributed by atoms with E-state index in [0.717, 1.165) is 37.3 Å². The number of pyridine rings is 1. The maximum atomic E-state index is 12.2. The number of aromatic nitrogens is 1. The Bertz CT molecular complexity index is 729. The average Bonchev–Trinajstić information content (AvgIpc) is 2.72. The van der Waals surface area contributed by atoms with Gasteiger partial charge in [-0.3, -0.25) is 0 Å². The molecule has 9 heteroatoms. The van der Waals surface area contributed by atoms with Crippen LogP contribution in [0.15, 0.2) is 23.3 Å². The van der Waals surface area contributed by atoms with E-state index in [1.54, 1.807) is 10.5 Å². The summed E-state index contributed by atoms with van der Waals surface area (Å²) in [5.74, 6) is 1.61. The number of nitrogens with zero attached hydrogens (tertiary/aromatic N) is 3. The molecule has 8 nitrogen and oxygen atoms in total. The maximum absolute atomic E-state index is 12.2. The molecule has 0 unspecified atom stereocenters. The highest BCUT2D eigenvalue weighted by Crippen LogP contribution is 2.15. The van der Waals surface area contributed by atoms with Gasteiger partial charge in [-0.05, 0) is 38.2 Å². The number of rotatable bonds is 10. The number of aliphatic imine (C=N–C) groups is 1. The van der Waals surface area contributed by atoms with Crippen LogP contribution >= 0.6 is 0 Å². The molecule has 1 aromatic heterocycles. The van der Waals surface area contributed by atoms with E-state index in [9.17, 15) is 8.42 Å². The van der Waals surface area contributed by atoms with E-state index >= 15 is 0 Å². The first-order valence-electron chi connectivity index (χ1n) is 10.6. The molecule has 1 aromatic rings. The largest absolute Gasteiger partial charge is 0.478 e. The lowest BCUT2D eigenvalue weighted by Gasteiger charge is -2.32. The Hall–Kier alpha value is -1.87. The zero-order valence-electron chi connectivity index (χ0n) is 17.9. The van der Waals surface area contributed by atoms with Crippen LogP contribution in [-0.4, -0.2) is 61.7 Å². The first-order valence-corrected chi connectivity index (χ1v) is 12.2. The van der Waals surface area contributed by atoms with Crippen LogP contribution in [0.2, 0.25) is 0 Å². The second-order valence-corrected chi connectivity index (χ2v) is 9.27. The summed E-state index contributed by atoms with van der Waals surface area (Å²) in [6.45, 7) is 9.04. The predicted molar refractivity (Wildman–Crippen MR) is 117 cm³/mol. The molecule has 29 heavy (non-hydrogen) atoms. The molecular weight excluding hydrogens is 390 g/mol. The van der Waals surface area contributed by atoms with Gasteiger partial charge in [-0.15, -0.1) is 0 Å². The summed E-state index contributed by atoms with van der Waals surface area (Å²) in [7, 11) is -3.11. The van der Waals surface area contributed by atoms with Crippen molar-refractivity contribution < 1.29 is 13.2 Å². The molecule has 0 atom stereocenters. The van der Waals surface area contributed by atoms with Crippen molar-refractivity contribution in [3.8, 4) is 5.88 Å². The fraction of sp³-hybridized carbons (Fsp3) is 0.700. The number of ether oxygens (including phenoxy) is 1. The SMILES string of the molecule is CCCOc1ccc(CN=C(NCC)NC2CCN(S(=O)(=O)CCC)CC2)cn1. The Morgan fingerprint density at radius 2 is 2.00 bits per heavy atom. The Morgan fingerprint density at radius 3 is 2.59 bits per heavy atom. The van der Waals surface area contributed by atoms with E-state index in [1.807, 2.05) is 26.0 Å². The first-order chi connectivity index (χ1) is 14.0. The topological polar surface area (TPSA) is 95.9 Å². The van der Waals surface area contributed by atoms with Crippen molar-refractivity contribution >= 4 is 16.0 Å². The third-order valence-electron chi connectivity index (χ3n) is 4.67. The number of hydrogen-bond donors (Lipinski definition) is 2. The van der Waals surface area contributed by atoms with E-state index < -0.39 is 10.0 Å². The van der Waals surface area contributed by atoms with Crippen molar-refractivity contribution in [2.24, 2.45) is 4.99 Å². The third-order valence-corrected chi connectivity index (χ3v) is 6.74. The zero-order valence-corrected chi connectivity index (χ0v) is 18.7. The molecule has 1 aliphatic heterocycles. The second kappa shape index (κ2) is 12.0. The summed E-state index contributed by atoms with van der Waals surface area (Å²) in [5, 5.41) is 6.71. The van der Waals surface area contributed by atoms with E-state index in [4.69, 9.17) is 4.74 Å². The number of nitrogens with one attached hydrogen (secondary N) is 2. The minimum absolute atomic E-state index is 0.212. The molecule has 164 valence electrons. The second-order valence-electron chi connectivity index (χ2n) is 7.18. The van der Waals surface area contributed by atoms with Gasteiger partial charge in [0.15, 0.2) is 5.96 Å². The lowest BCUT2D eigenvalue weighted by Crippen LogP contribution is -2.50.